The van der Waals surface area contributed by atoms with Crippen molar-refractivity contribution in [2.24, 2.45) is 0 Å². The van der Waals surface area contributed by atoms with E-state index in [-0.39, 0.29) is 6.03 Å². The zero-order valence-corrected chi connectivity index (χ0v) is 11.9. The van der Waals surface area contributed by atoms with Crippen LogP contribution in [0.2, 0.25) is 0 Å². The summed E-state index contributed by atoms with van der Waals surface area (Å²) in [7, 11) is 0. The average Bonchev–Trinajstić information content (AvgIpc) is 2.54. The Morgan fingerprint density at radius 3 is 2.19 bits per heavy atom. The van der Waals surface area contributed by atoms with Crippen LogP contribution >= 0.6 is 0 Å². The smallest absolute Gasteiger partial charge is 0.314 e. The highest BCUT2D eigenvalue weighted by Gasteiger charge is 1.99. The van der Waals surface area contributed by atoms with E-state index in [1.165, 1.54) is 5.56 Å². The Kier molecular flexibility index (Phi) is 6.13. The molecule has 110 valence electrons. The third kappa shape index (κ3) is 5.99. The molecule has 4 heteroatoms. The lowest BCUT2D eigenvalue weighted by Crippen LogP contribution is -2.38. The topological polar surface area (TPSA) is 50.4 Å². The number of para-hydroxylation sites is 1. The molecule has 0 aliphatic heterocycles. The van der Waals surface area contributed by atoms with Crippen LogP contribution in [-0.2, 0) is 6.42 Å². The maximum Gasteiger partial charge on any atom is 0.314 e. The zero-order chi connectivity index (χ0) is 14.8. The van der Waals surface area contributed by atoms with E-state index in [0.717, 1.165) is 12.2 Å². The van der Waals surface area contributed by atoms with E-state index < -0.39 is 0 Å². The van der Waals surface area contributed by atoms with Gasteiger partial charge in [-0.1, -0.05) is 48.5 Å². The minimum atomic E-state index is -0.164. The van der Waals surface area contributed by atoms with Crippen LogP contribution < -0.4 is 15.4 Å². The van der Waals surface area contributed by atoms with Gasteiger partial charge in [0.1, 0.15) is 12.4 Å². The highest BCUT2D eigenvalue weighted by molar-refractivity contribution is 5.73. The number of carbonyl (C=O) groups is 1. The molecule has 21 heavy (non-hydrogen) atoms. The van der Waals surface area contributed by atoms with E-state index >= 15 is 0 Å². The van der Waals surface area contributed by atoms with E-state index in [4.69, 9.17) is 4.74 Å². The number of benzene rings is 2. The number of ether oxygens (including phenoxy) is 1. The molecule has 2 aromatic rings. The first-order valence-corrected chi connectivity index (χ1v) is 7.08. The van der Waals surface area contributed by atoms with Gasteiger partial charge in [0, 0.05) is 6.54 Å². The molecule has 0 saturated heterocycles. The minimum Gasteiger partial charge on any atom is -0.492 e. The summed E-state index contributed by atoms with van der Waals surface area (Å²) in [5, 5.41) is 5.59. The summed E-state index contributed by atoms with van der Waals surface area (Å²) in [5.74, 6) is 0.809. The second-order valence-electron chi connectivity index (χ2n) is 4.58. The normalized spacial score (nSPS) is 9.90. The van der Waals surface area contributed by atoms with Crippen molar-refractivity contribution in [3.8, 4) is 5.75 Å². The Balaban J connectivity index is 1.54. The molecule has 0 unspecified atom stereocenters. The molecule has 0 aliphatic carbocycles. The molecule has 0 aromatic heterocycles. The van der Waals surface area contributed by atoms with Gasteiger partial charge in [0.15, 0.2) is 0 Å². The number of carbonyl (C=O) groups excluding carboxylic acids is 1. The fourth-order valence-electron chi connectivity index (χ4n) is 1.88. The fourth-order valence-corrected chi connectivity index (χ4v) is 1.88. The maximum absolute atomic E-state index is 11.6. The van der Waals surface area contributed by atoms with Gasteiger partial charge in [-0.3, -0.25) is 0 Å². The first kappa shape index (κ1) is 14.9. The van der Waals surface area contributed by atoms with E-state index in [1.54, 1.807) is 0 Å². The largest absolute Gasteiger partial charge is 0.492 e. The second kappa shape index (κ2) is 8.64. The molecule has 2 rings (SSSR count). The first-order chi connectivity index (χ1) is 10.3. The number of hydrogen-bond acceptors (Lipinski definition) is 2. The number of rotatable bonds is 7. The van der Waals surface area contributed by atoms with E-state index in [9.17, 15) is 4.79 Å². The van der Waals surface area contributed by atoms with Crippen LogP contribution in [0.4, 0.5) is 4.79 Å². The predicted molar refractivity (Wildman–Crippen MR) is 83.5 cm³/mol. The monoisotopic (exact) mass is 284 g/mol. The molecule has 0 fully saturated rings. The summed E-state index contributed by atoms with van der Waals surface area (Å²) < 4.78 is 5.49. The Labute approximate surface area is 125 Å². The van der Waals surface area contributed by atoms with Gasteiger partial charge in [0.05, 0.1) is 6.54 Å². The molecule has 0 aliphatic rings. The van der Waals surface area contributed by atoms with Crippen LogP contribution in [0.1, 0.15) is 5.56 Å². The standard InChI is InChI=1S/C17H20N2O2/c20-17(18-12-11-15-7-3-1-4-8-15)19-13-14-21-16-9-5-2-6-10-16/h1-10H,11-14H2,(H2,18,19,20). The lowest BCUT2D eigenvalue weighted by Gasteiger charge is -2.09. The molecule has 0 radical (unpaired) electrons. The van der Waals surface area contributed by atoms with E-state index in [0.29, 0.717) is 19.7 Å². The SMILES string of the molecule is O=C(NCCOc1ccccc1)NCCc1ccccc1. The quantitative estimate of drug-likeness (QED) is 0.768. The van der Waals surface area contributed by atoms with Gasteiger partial charge in [0.25, 0.3) is 0 Å². The second-order valence-corrected chi connectivity index (χ2v) is 4.58. The molecule has 0 spiro atoms. The maximum atomic E-state index is 11.6. The van der Waals surface area contributed by atoms with Gasteiger partial charge in [-0.15, -0.1) is 0 Å². The summed E-state index contributed by atoms with van der Waals surface area (Å²) in [6.45, 7) is 1.55. The molecule has 2 N–H and O–H groups in total. The summed E-state index contributed by atoms with van der Waals surface area (Å²) >= 11 is 0. The van der Waals surface area contributed by atoms with Gasteiger partial charge in [-0.25, -0.2) is 4.79 Å². The van der Waals surface area contributed by atoms with Gasteiger partial charge >= 0.3 is 6.03 Å². The minimum absolute atomic E-state index is 0.164. The summed E-state index contributed by atoms with van der Waals surface area (Å²) in [5.41, 5.74) is 1.21. The molecule has 2 amide bonds. The van der Waals surface area contributed by atoms with Crippen LogP contribution in [0.25, 0.3) is 0 Å². The summed E-state index contributed by atoms with van der Waals surface area (Å²) in [4.78, 5) is 11.6. The third-order valence-electron chi connectivity index (χ3n) is 2.94. The fraction of sp³-hybridized carbons (Fsp3) is 0.235. The molecule has 0 saturated carbocycles. The van der Waals surface area contributed by atoms with Crippen molar-refractivity contribution >= 4 is 6.03 Å². The van der Waals surface area contributed by atoms with Gasteiger partial charge in [0.2, 0.25) is 0 Å². The van der Waals surface area contributed by atoms with Crippen molar-refractivity contribution in [1.29, 1.82) is 0 Å². The molecule has 2 aromatic carbocycles. The molecule has 0 atom stereocenters. The van der Waals surface area contributed by atoms with Crippen molar-refractivity contribution in [2.45, 2.75) is 6.42 Å². The van der Waals surface area contributed by atoms with Crippen molar-refractivity contribution in [1.82, 2.24) is 10.6 Å². The lowest BCUT2D eigenvalue weighted by molar-refractivity contribution is 0.236. The molecular weight excluding hydrogens is 264 g/mol. The first-order valence-electron chi connectivity index (χ1n) is 7.08. The Bertz CT molecular complexity index is 529. The Morgan fingerprint density at radius 2 is 1.48 bits per heavy atom. The van der Waals surface area contributed by atoms with Gasteiger partial charge in [-0.2, -0.15) is 0 Å². The predicted octanol–water partition coefficient (Wildman–Crippen LogP) is 2.61. The van der Waals surface area contributed by atoms with Crippen LogP contribution in [0.5, 0.6) is 5.75 Å². The highest BCUT2D eigenvalue weighted by atomic mass is 16.5. The number of amides is 2. The molecule has 0 heterocycles. The van der Waals surface area contributed by atoms with Crippen molar-refractivity contribution < 1.29 is 9.53 Å². The van der Waals surface area contributed by atoms with Crippen molar-refractivity contribution in [3.63, 3.8) is 0 Å². The average molecular weight is 284 g/mol. The van der Waals surface area contributed by atoms with E-state index in [2.05, 4.69) is 10.6 Å². The van der Waals surface area contributed by atoms with Crippen LogP contribution in [0.15, 0.2) is 60.7 Å². The number of nitrogens with one attached hydrogen (secondary N) is 2. The number of urea groups is 1. The summed E-state index contributed by atoms with van der Waals surface area (Å²) in [6, 6.07) is 19.5. The Morgan fingerprint density at radius 1 is 0.857 bits per heavy atom. The number of hydrogen-bond donors (Lipinski definition) is 2. The molecule has 4 nitrogen and oxygen atoms in total. The highest BCUT2D eigenvalue weighted by Crippen LogP contribution is 2.07. The van der Waals surface area contributed by atoms with E-state index in [1.807, 2.05) is 60.7 Å². The van der Waals surface area contributed by atoms with Crippen LogP contribution in [0, 0.1) is 0 Å². The van der Waals surface area contributed by atoms with Crippen LogP contribution in [-0.4, -0.2) is 25.7 Å². The van der Waals surface area contributed by atoms with Crippen molar-refractivity contribution in [3.05, 3.63) is 66.2 Å². The third-order valence-corrected chi connectivity index (χ3v) is 2.94. The zero-order valence-electron chi connectivity index (χ0n) is 11.9. The lowest BCUT2D eigenvalue weighted by atomic mass is 10.1. The van der Waals surface area contributed by atoms with Gasteiger partial charge < -0.3 is 15.4 Å². The summed E-state index contributed by atoms with van der Waals surface area (Å²) in [6.07, 6.45) is 0.828. The van der Waals surface area contributed by atoms with Gasteiger partial charge in [-0.05, 0) is 24.1 Å². The Hall–Kier alpha value is -2.49. The molecule has 0 bridgehead atoms. The van der Waals surface area contributed by atoms with Crippen molar-refractivity contribution in [2.75, 3.05) is 19.7 Å². The van der Waals surface area contributed by atoms with Crippen LogP contribution in [0.3, 0.4) is 0 Å². The molecular formula is C17H20N2O2.